The van der Waals surface area contributed by atoms with E-state index in [4.69, 9.17) is 0 Å². The van der Waals surface area contributed by atoms with Gasteiger partial charge in [-0.25, -0.2) is 0 Å². The molecule has 0 heterocycles. The van der Waals surface area contributed by atoms with E-state index in [0.29, 0.717) is 5.92 Å². The van der Waals surface area contributed by atoms with Gasteiger partial charge in [0.15, 0.2) is 0 Å². The molecule has 1 aliphatic carbocycles. The quantitative estimate of drug-likeness (QED) is 0.739. The number of hydrogen-bond acceptors (Lipinski definition) is 1. The Morgan fingerprint density at radius 3 is 2.71 bits per heavy atom. The first kappa shape index (κ1) is 14.1. The molecule has 1 aliphatic rings. The van der Waals surface area contributed by atoms with Crippen LogP contribution in [-0.4, -0.2) is 11.1 Å². The van der Waals surface area contributed by atoms with Gasteiger partial charge in [-0.2, -0.15) is 0 Å². The van der Waals surface area contributed by atoms with Gasteiger partial charge in [-0.3, -0.25) is 4.79 Å². The van der Waals surface area contributed by atoms with E-state index in [2.05, 4.69) is 18.8 Å². The summed E-state index contributed by atoms with van der Waals surface area (Å²) in [5.74, 6) is 6.31. The van der Waals surface area contributed by atoms with Crippen LogP contribution >= 0.6 is 0 Å². The molecule has 96 valence electrons. The number of hydrogen-bond donors (Lipinski definition) is 1. The van der Waals surface area contributed by atoms with E-state index in [9.17, 15) is 9.90 Å². The van der Waals surface area contributed by atoms with Crippen LogP contribution in [0.3, 0.4) is 0 Å². The fourth-order valence-corrected chi connectivity index (χ4v) is 3.06. The lowest BCUT2D eigenvalue weighted by Gasteiger charge is -2.33. The van der Waals surface area contributed by atoms with Gasteiger partial charge in [-0.05, 0) is 44.4 Å². The van der Waals surface area contributed by atoms with Crippen molar-refractivity contribution >= 4 is 5.97 Å². The molecule has 0 aromatic rings. The summed E-state index contributed by atoms with van der Waals surface area (Å²) in [4.78, 5) is 11.2. The molecule has 2 nitrogen and oxygen atoms in total. The van der Waals surface area contributed by atoms with Crippen molar-refractivity contribution in [2.45, 2.75) is 58.8 Å². The topological polar surface area (TPSA) is 37.3 Å². The van der Waals surface area contributed by atoms with E-state index in [-0.39, 0.29) is 5.92 Å². The summed E-state index contributed by atoms with van der Waals surface area (Å²) in [6, 6.07) is 0. The van der Waals surface area contributed by atoms with E-state index < -0.39 is 5.97 Å². The molecule has 0 radical (unpaired) electrons. The van der Waals surface area contributed by atoms with Crippen molar-refractivity contribution in [1.29, 1.82) is 0 Å². The minimum absolute atomic E-state index is 0.123. The molecule has 0 amide bonds. The first-order chi connectivity index (χ1) is 8.19. The molecule has 1 N–H and O–H groups in total. The van der Waals surface area contributed by atoms with Crippen LogP contribution in [-0.2, 0) is 4.79 Å². The summed E-state index contributed by atoms with van der Waals surface area (Å²) in [5.41, 5.74) is 0. The minimum atomic E-state index is -0.602. The Balaban J connectivity index is 2.54. The Morgan fingerprint density at radius 1 is 1.35 bits per heavy atom. The molecule has 1 rings (SSSR count). The standard InChI is InChI=1S/C15H24O2/c1-3-5-6-8-13-11-12(7-4-2)9-10-14(13)15(16)17/h12-14H,4,6-11H2,1-2H3,(H,16,17). The Hall–Kier alpha value is -0.970. The molecule has 0 aromatic carbocycles. The van der Waals surface area contributed by atoms with Crippen LogP contribution in [0, 0.1) is 29.6 Å². The van der Waals surface area contributed by atoms with Crippen molar-refractivity contribution in [1.82, 2.24) is 0 Å². The van der Waals surface area contributed by atoms with Crippen molar-refractivity contribution in [3.05, 3.63) is 0 Å². The Kier molecular flexibility index (Phi) is 6.11. The van der Waals surface area contributed by atoms with Crippen molar-refractivity contribution in [2.24, 2.45) is 17.8 Å². The SMILES string of the molecule is CC#CCCC1CC(CCC)CCC1C(=O)O. The van der Waals surface area contributed by atoms with Crippen molar-refractivity contribution in [3.8, 4) is 11.8 Å². The number of carboxylic acid groups (broad SMARTS) is 1. The molecule has 0 saturated heterocycles. The van der Waals surface area contributed by atoms with Gasteiger partial charge < -0.3 is 5.11 Å². The molecule has 0 aromatic heterocycles. The van der Waals surface area contributed by atoms with Crippen molar-refractivity contribution < 1.29 is 9.90 Å². The molecule has 1 fully saturated rings. The molecule has 0 aliphatic heterocycles. The summed E-state index contributed by atoms with van der Waals surface area (Å²) in [7, 11) is 0. The highest BCUT2D eigenvalue weighted by atomic mass is 16.4. The van der Waals surface area contributed by atoms with E-state index in [1.165, 1.54) is 12.8 Å². The molecular formula is C15H24O2. The van der Waals surface area contributed by atoms with Gasteiger partial charge in [0, 0.05) is 6.42 Å². The zero-order valence-corrected chi connectivity index (χ0v) is 11.0. The van der Waals surface area contributed by atoms with E-state index in [1.807, 2.05) is 6.92 Å². The minimum Gasteiger partial charge on any atom is -0.481 e. The smallest absolute Gasteiger partial charge is 0.306 e. The summed E-state index contributed by atoms with van der Waals surface area (Å²) in [6.45, 7) is 4.05. The maximum Gasteiger partial charge on any atom is 0.306 e. The fraction of sp³-hybridized carbons (Fsp3) is 0.800. The fourth-order valence-electron chi connectivity index (χ4n) is 3.06. The Labute approximate surface area is 105 Å². The molecule has 3 unspecified atom stereocenters. The van der Waals surface area contributed by atoms with Gasteiger partial charge in [0.2, 0.25) is 0 Å². The Bertz CT molecular complexity index is 298. The second-order valence-corrected chi connectivity index (χ2v) is 5.14. The third-order valence-electron chi connectivity index (χ3n) is 3.92. The number of carbonyl (C=O) groups is 1. The van der Waals surface area contributed by atoms with Gasteiger partial charge in [-0.1, -0.05) is 19.8 Å². The molecular weight excluding hydrogens is 212 g/mol. The summed E-state index contributed by atoms with van der Waals surface area (Å²) < 4.78 is 0. The molecule has 17 heavy (non-hydrogen) atoms. The zero-order chi connectivity index (χ0) is 12.7. The largest absolute Gasteiger partial charge is 0.481 e. The van der Waals surface area contributed by atoms with Crippen LogP contribution in [0.4, 0.5) is 0 Å². The first-order valence-electron chi connectivity index (χ1n) is 6.81. The molecule has 0 spiro atoms. The first-order valence-corrected chi connectivity index (χ1v) is 6.81. The summed E-state index contributed by atoms with van der Waals surface area (Å²) in [5, 5.41) is 9.25. The monoisotopic (exact) mass is 236 g/mol. The van der Waals surface area contributed by atoms with Gasteiger partial charge in [0.25, 0.3) is 0 Å². The highest BCUT2D eigenvalue weighted by molar-refractivity contribution is 5.70. The summed E-state index contributed by atoms with van der Waals surface area (Å²) >= 11 is 0. The highest BCUT2D eigenvalue weighted by Crippen LogP contribution is 2.38. The lowest BCUT2D eigenvalue weighted by molar-refractivity contribution is -0.145. The van der Waals surface area contributed by atoms with E-state index in [1.54, 1.807) is 0 Å². The van der Waals surface area contributed by atoms with Crippen LogP contribution in [0.25, 0.3) is 0 Å². The highest BCUT2D eigenvalue weighted by Gasteiger charge is 2.33. The Morgan fingerprint density at radius 2 is 2.12 bits per heavy atom. The number of carboxylic acids is 1. The van der Waals surface area contributed by atoms with Crippen LogP contribution in [0.2, 0.25) is 0 Å². The van der Waals surface area contributed by atoms with Crippen molar-refractivity contribution in [3.63, 3.8) is 0 Å². The van der Waals surface area contributed by atoms with E-state index in [0.717, 1.165) is 38.0 Å². The van der Waals surface area contributed by atoms with Crippen LogP contribution < -0.4 is 0 Å². The van der Waals surface area contributed by atoms with E-state index >= 15 is 0 Å². The average Bonchev–Trinajstić information content (AvgIpc) is 2.30. The maximum atomic E-state index is 11.2. The lowest BCUT2D eigenvalue weighted by Crippen LogP contribution is -2.30. The van der Waals surface area contributed by atoms with Crippen LogP contribution in [0.1, 0.15) is 58.8 Å². The predicted molar refractivity (Wildman–Crippen MR) is 69.5 cm³/mol. The van der Waals surface area contributed by atoms with Crippen molar-refractivity contribution in [2.75, 3.05) is 0 Å². The molecule has 0 bridgehead atoms. The number of aliphatic carboxylic acids is 1. The zero-order valence-electron chi connectivity index (χ0n) is 11.0. The van der Waals surface area contributed by atoms with Gasteiger partial charge >= 0.3 is 5.97 Å². The van der Waals surface area contributed by atoms with Crippen LogP contribution in [0.15, 0.2) is 0 Å². The van der Waals surface area contributed by atoms with Gasteiger partial charge in [-0.15, -0.1) is 11.8 Å². The maximum absolute atomic E-state index is 11.2. The lowest BCUT2D eigenvalue weighted by atomic mass is 9.71. The normalized spacial score (nSPS) is 28.2. The second-order valence-electron chi connectivity index (χ2n) is 5.14. The van der Waals surface area contributed by atoms with Crippen LogP contribution in [0.5, 0.6) is 0 Å². The summed E-state index contributed by atoms with van der Waals surface area (Å²) in [6.07, 6.45) is 7.33. The molecule has 3 atom stereocenters. The van der Waals surface area contributed by atoms with Gasteiger partial charge in [0.05, 0.1) is 5.92 Å². The number of rotatable bonds is 5. The third kappa shape index (κ3) is 4.42. The second kappa shape index (κ2) is 7.37. The average molecular weight is 236 g/mol. The molecule has 1 saturated carbocycles. The third-order valence-corrected chi connectivity index (χ3v) is 3.92. The van der Waals surface area contributed by atoms with Gasteiger partial charge in [0.1, 0.15) is 0 Å². The molecule has 2 heteroatoms. The predicted octanol–water partition coefficient (Wildman–Crippen LogP) is 3.71.